The molecule has 2 heterocycles. The maximum atomic E-state index is 13.0. The van der Waals surface area contributed by atoms with Crippen molar-refractivity contribution in [2.45, 2.75) is 25.0 Å². The summed E-state index contributed by atoms with van der Waals surface area (Å²) in [5.74, 6) is 1.89. The second-order valence-corrected chi connectivity index (χ2v) is 8.11. The van der Waals surface area contributed by atoms with Gasteiger partial charge in [-0.15, -0.1) is 11.3 Å². The number of thiophene rings is 1. The van der Waals surface area contributed by atoms with Crippen molar-refractivity contribution in [2.24, 2.45) is 0 Å². The Morgan fingerprint density at radius 2 is 1.82 bits per heavy atom. The Morgan fingerprint density at radius 1 is 1.09 bits per heavy atom. The molecule has 1 fully saturated rings. The number of halogens is 1. The van der Waals surface area contributed by atoms with Crippen LogP contribution in [0.2, 0.25) is 0 Å². The monoisotopic (exact) mass is 337 g/mol. The summed E-state index contributed by atoms with van der Waals surface area (Å²) in [6, 6.07) is 10.8. The van der Waals surface area contributed by atoms with Gasteiger partial charge in [0.15, 0.2) is 0 Å². The highest BCUT2D eigenvalue weighted by Gasteiger charge is 2.28. The van der Waals surface area contributed by atoms with Crippen molar-refractivity contribution in [3.8, 4) is 10.4 Å². The molecular weight excluding hydrogens is 317 g/mol. The van der Waals surface area contributed by atoms with Crippen LogP contribution in [0.3, 0.4) is 0 Å². The molecule has 0 saturated carbocycles. The highest BCUT2D eigenvalue weighted by atomic mass is 32.2. The minimum absolute atomic E-state index is 0.207. The van der Waals surface area contributed by atoms with Gasteiger partial charge in [0.25, 0.3) is 0 Å². The van der Waals surface area contributed by atoms with E-state index in [1.807, 2.05) is 11.8 Å². The summed E-state index contributed by atoms with van der Waals surface area (Å²) in [6.07, 6.45) is 1.74. The van der Waals surface area contributed by atoms with E-state index in [2.05, 4.69) is 17.4 Å². The van der Waals surface area contributed by atoms with Crippen molar-refractivity contribution < 1.29 is 9.50 Å². The van der Waals surface area contributed by atoms with Gasteiger partial charge in [-0.2, -0.15) is 11.8 Å². The number of thioether (sulfide) groups is 1. The smallest absolute Gasteiger partial charge is 0.123 e. The maximum Gasteiger partial charge on any atom is 0.123 e. The number of rotatable bonds is 5. The van der Waals surface area contributed by atoms with Gasteiger partial charge < -0.3 is 10.4 Å². The molecule has 1 saturated heterocycles. The lowest BCUT2D eigenvalue weighted by Crippen LogP contribution is -2.43. The number of nitrogens with one attached hydrogen (secondary N) is 1. The van der Waals surface area contributed by atoms with Gasteiger partial charge in [0.1, 0.15) is 5.82 Å². The van der Waals surface area contributed by atoms with E-state index in [4.69, 9.17) is 0 Å². The van der Waals surface area contributed by atoms with E-state index in [1.54, 1.807) is 23.5 Å². The van der Waals surface area contributed by atoms with E-state index in [1.165, 1.54) is 17.0 Å². The van der Waals surface area contributed by atoms with Gasteiger partial charge in [-0.1, -0.05) is 12.1 Å². The first-order valence-corrected chi connectivity index (χ1v) is 9.47. The molecule has 1 aliphatic heterocycles. The first kappa shape index (κ1) is 16.0. The maximum absolute atomic E-state index is 13.0. The van der Waals surface area contributed by atoms with Crippen LogP contribution in [-0.2, 0) is 6.54 Å². The summed E-state index contributed by atoms with van der Waals surface area (Å²) >= 11 is 3.62. The van der Waals surface area contributed by atoms with Gasteiger partial charge in [0, 0.05) is 22.8 Å². The topological polar surface area (TPSA) is 32.3 Å². The van der Waals surface area contributed by atoms with Crippen molar-refractivity contribution in [1.82, 2.24) is 5.32 Å². The molecular formula is C17H20FNOS2. The molecule has 0 amide bonds. The number of aliphatic hydroxyl groups is 1. The van der Waals surface area contributed by atoms with Crippen LogP contribution in [0.5, 0.6) is 0 Å². The third kappa shape index (κ3) is 4.10. The highest BCUT2D eigenvalue weighted by molar-refractivity contribution is 7.99. The summed E-state index contributed by atoms with van der Waals surface area (Å²) < 4.78 is 13.0. The summed E-state index contributed by atoms with van der Waals surface area (Å²) in [7, 11) is 0. The molecule has 3 rings (SSSR count). The minimum Gasteiger partial charge on any atom is -0.389 e. The van der Waals surface area contributed by atoms with Crippen molar-refractivity contribution in [2.75, 3.05) is 18.1 Å². The molecule has 0 spiro atoms. The molecule has 1 aromatic carbocycles. The van der Waals surface area contributed by atoms with Crippen LogP contribution in [0.4, 0.5) is 4.39 Å². The molecule has 2 N–H and O–H groups in total. The van der Waals surface area contributed by atoms with Crippen LogP contribution >= 0.6 is 23.1 Å². The highest BCUT2D eigenvalue weighted by Crippen LogP contribution is 2.29. The SMILES string of the molecule is OC1(CNCc2ccc(-c3ccc(F)cc3)s2)CCSCC1. The fourth-order valence-electron chi connectivity index (χ4n) is 2.59. The Labute approximate surface area is 138 Å². The van der Waals surface area contributed by atoms with Crippen LogP contribution in [0.15, 0.2) is 36.4 Å². The summed E-state index contributed by atoms with van der Waals surface area (Å²) in [5.41, 5.74) is 0.503. The number of benzene rings is 1. The van der Waals surface area contributed by atoms with Crippen molar-refractivity contribution in [1.29, 1.82) is 0 Å². The van der Waals surface area contributed by atoms with E-state index in [0.29, 0.717) is 6.54 Å². The van der Waals surface area contributed by atoms with Crippen molar-refractivity contribution in [3.63, 3.8) is 0 Å². The van der Waals surface area contributed by atoms with Crippen LogP contribution in [0.1, 0.15) is 17.7 Å². The molecule has 1 aliphatic rings. The summed E-state index contributed by atoms with van der Waals surface area (Å²) in [4.78, 5) is 2.37. The van der Waals surface area contributed by atoms with E-state index in [-0.39, 0.29) is 5.82 Å². The lowest BCUT2D eigenvalue weighted by Gasteiger charge is -2.31. The zero-order chi connectivity index (χ0) is 15.4. The molecule has 0 bridgehead atoms. The zero-order valence-corrected chi connectivity index (χ0v) is 14.0. The summed E-state index contributed by atoms with van der Waals surface area (Å²) in [5, 5.41) is 13.8. The van der Waals surface area contributed by atoms with E-state index in [0.717, 1.165) is 41.3 Å². The zero-order valence-electron chi connectivity index (χ0n) is 12.3. The molecule has 2 aromatic rings. The summed E-state index contributed by atoms with van der Waals surface area (Å²) in [6.45, 7) is 1.42. The molecule has 5 heteroatoms. The average molecular weight is 337 g/mol. The van der Waals surface area contributed by atoms with E-state index in [9.17, 15) is 9.50 Å². The lowest BCUT2D eigenvalue weighted by molar-refractivity contribution is 0.0321. The molecule has 0 aliphatic carbocycles. The quantitative estimate of drug-likeness (QED) is 0.868. The fourth-order valence-corrected chi connectivity index (χ4v) is 4.82. The molecule has 0 radical (unpaired) electrons. The predicted octanol–water partition coefficient (Wildman–Crippen LogP) is 3.90. The van der Waals surface area contributed by atoms with E-state index < -0.39 is 5.60 Å². The predicted molar refractivity (Wildman–Crippen MR) is 92.9 cm³/mol. The van der Waals surface area contributed by atoms with Gasteiger partial charge in [0.05, 0.1) is 5.60 Å². The third-order valence-corrected chi connectivity index (χ3v) is 6.09. The molecule has 2 nitrogen and oxygen atoms in total. The van der Waals surface area contributed by atoms with Crippen molar-refractivity contribution >= 4 is 23.1 Å². The Kier molecular flexibility index (Phi) is 5.18. The Bertz CT molecular complexity index is 605. The fraction of sp³-hybridized carbons (Fsp3) is 0.412. The second kappa shape index (κ2) is 7.13. The standard InChI is InChI=1S/C17H20FNOS2/c18-14-3-1-13(2-4-14)16-6-5-15(22-16)11-19-12-17(20)7-9-21-10-8-17/h1-6,19-20H,7-12H2. The molecule has 0 atom stereocenters. The van der Waals surface area contributed by atoms with Crippen LogP contribution in [0, 0.1) is 5.82 Å². The third-order valence-electron chi connectivity index (χ3n) is 3.97. The Balaban J connectivity index is 1.54. The van der Waals surface area contributed by atoms with Crippen LogP contribution in [0.25, 0.3) is 10.4 Å². The first-order chi connectivity index (χ1) is 10.6. The van der Waals surface area contributed by atoms with Crippen LogP contribution in [-0.4, -0.2) is 28.8 Å². The second-order valence-electron chi connectivity index (χ2n) is 5.71. The number of hydrogen-bond acceptors (Lipinski definition) is 4. The Morgan fingerprint density at radius 3 is 2.55 bits per heavy atom. The van der Waals surface area contributed by atoms with Crippen LogP contribution < -0.4 is 5.32 Å². The van der Waals surface area contributed by atoms with Gasteiger partial charge in [-0.3, -0.25) is 0 Å². The number of hydrogen-bond donors (Lipinski definition) is 2. The van der Waals surface area contributed by atoms with Gasteiger partial charge in [-0.05, 0) is 54.2 Å². The lowest BCUT2D eigenvalue weighted by atomic mass is 9.97. The average Bonchev–Trinajstić information content (AvgIpc) is 2.97. The largest absolute Gasteiger partial charge is 0.389 e. The van der Waals surface area contributed by atoms with E-state index >= 15 is 0 Å². The molecule has 0 unspecified atom stereocenters. The molecule has 22 heavy (non-hydrogen) atoms. The molecule has 1 aromatic heterocycles. The minimum atomic E-state index is -0.539. The van der Waals surface area contributed by atoms with Gasteiger partial charge >= 0.3 is 0 Å². The van der Waals surface area contributed by atoms with Crippen molar-refractivity contribution in [3.05, 3.63) is 47.1 Å². The molecule has 118 valence electrons. The first-order valence-electron chi connectivity index (χ1n) is 7.50. The van der Waals surface area contributed by atoms with Gasteiger partial charge in [-0.25, -0.2) is 4.39 Å². The Hall–Kier alpha value is -0.880. The normalized spacial score (nSPS) is 17.5. The van der Waals surface area contributed by atoms with Gasteiger partial charge in [0.2, 0.25) is 0 Å².